The van der Waals surface area contributed by atoms with Crippen LogP contribution < -0.4 is 10.1 Å². The Morgan fingerprint density at radius 1 is 1.08 bits per heavy atom. The van der Waals surface area contributed by atoms with Gasteiger partial charge in [-0.3, -0.25) is 4.79 Å². The molecule has 0 bridgehead atoms. The molecule has 0 aromatic heterocycles. The summed E-state index contributed by atoms with van der Waals surface area (Å²) in [6.45, 7) is 10.00. The molecular formula is C21H26ClNO2. The normalized spacial score (nSPS) is 13.2. The van der Waals surface area contributed by atoms with Crippen molar-refractivity contribution in [3.05, 3.63) is 63.7 Å². The molecule has 2 rings (SSSR count). The third-order valence-corrected chi connectivity index (χ3v) is 4.88. The van der Waals surface area contributed by atoms with Gasteiger partial charge in [-0.2, -0.15) is 0 Å². The van der Waals surface area contributed by atoms with Gasteiger partial charge < -0.3 is 10.1 Å². The molecule has 0 aliphatic rings. The molecule has 0 aliphatic heterocycles. The van der Waals surface area contributed by atoms with Crippen LogP contribution in [0.3, 0.4) is 0 Å². The number of carbonyl (C=O) groups excluding carboxylic acids is 1. The summed E-state index contributed by atoms with van der Waals surface area (Å²) in [6.07, 6.45) is 0.0576. The average molecular weight is 360 g/mol. The Kier molecular flexibility index (Phi) is 6.49. The van der Waals surface area contributed by atoms with Crippen LogP contribution in [-0.2, 0) is 4.79 Å². The summed E-state index contributed by atoms with van der Waals surface area (Å²) >= 11 is 6.04. The molecule has 0 fully saturated rings. The first-order valence-corrected chi connectivity index (χ1v) is 9.00. The van der Waals surface area contributed by atoms with Crippen molar-refractivity contribution in [2.75, 3.05) is 0 Å². The summed E-state index contributed by atoms with van der Waals surface area (Å²) in [5, 5.41) is 3.74. The minimum atomic E-state index is -0.533. The Bertz CT molecular complexity index is 758. The molecule has 1 N–H and O–H groups in total. The highest BCUT2D eigenvalue weighted by atomic mass is 35.5. The van der Waals surface area contributed by atoms with Crippen LogP contribution in [0.4, 0.5) is 0 Å². The third-order valence-electron chi connectivity index (χ3n) is 4.46. The summed E-state index contributed by atoms with van der Waals surface area (Å²) in [5.74, 6) is 0.545. The zero-order chi connectivity index (χ0) is 18.6. The van der Waals surface area contributed by atoms with E-state index >= 15 is 0 Å². The second kappa shape index (κ2) is 8.39. The monoisotopic (exact) mass is 359 g/mol. The summed E-state index contributed by atoms with van der Waals surface area (Å²) in [7, 11) is 0. The SMILES string of the molecule is CC[C@H](Oc1ccc(Cl)c(C)c1)C(=O)N[C@H](C)c1ccc(C)c(C)c1. The fourth-order valence-electron chi connectivity index (χ4n) is 2.60. The molecule has 0 unspecified atom stereocenters. The van der Waals surface area contributed by atoms with Crippen molar-refractivity contribution in [3.8, 4) is 5.75 Å². The lowest BCUT2D eigenvalue weighted by Gasteiger charge is -2.21. The minimum Gasteiger partial charge on any atom is -0.481 e. The zero-order valence-electron chi connectivity index (χ0n) is 15.5. The lowest BCUT2D eigenvalue weighted by Crippen LogP contribution is -2.39. The number of ether oxygens (including phenoxy) is 1. The maximum atomic E-state index is 12.6. The molecule has 0 saturated carbocycles. The zero-order valence-corrected chi connectivity index (χ0v) is 16.3. The van der Waals surface area contributed by atoms with Crippen LogP contribution in [-0.4, -0.2) is 12.0 Å². The first kappa shape index (κ1) is 19.3. The molecule has 2 atom stereocenters. The van der Waals surface area contributed by atoms with Gasteiger partial charge in [0.05, 0.1) is 6.04 Å². The molecule has 1 amide bonds. The van der Waals surface area contributed by atoms with Crippen LogP contribution in [0.5, 0.6) is 5.75 Å². The molecule has 134 valence electrons. The predicted molar refractivity (Wildman–Crippen MR) is 103 cm³/mol. The summed E-state index contributed by atoms with van der Waals surface area (Å²) in [5.41, 5.74) is 4.49. The van der Waals surface area contributed by atoms with Gasteiger partial charge in [0.25, 0.3) is 5.91 Å². The van der Waals surface area contributed by atoms with Gasteiger partial charge in [0.2, 0.25) is 0 Å². The van der Waals surface area contributed by atoms with Gasteiger partial charge in [-0.15, -0.1) is 0 Å². The second-order valence-corrected chi connectivity index (χ2v) is 6.91. The van der Waals surface area contributed by atoms with Crippen LogP contribution >= 0.6 is 11.6 Å². The van der Waals surface area contributed by atoms with E-state index < -0.39 is 6.10 Å². The smallest absolute Gasteiger partial charge is 0.261 e. The highest BCUT2D eigenvalue weighted by molar-refractivity contribution is 6.31. The van der Waals surface area contributed by atoms with Crippen molar-refractivity contribution in [2.24, 2.45) is 0 Å². The van der Waals surface area contributed by atoms with Crippen LogP contribution in [0.1, 0.15) is 48.6 Å². The lowest BCUT2D eigenvalue weighted by atomic mass is 10.0. The Hall–Kier alpha value is -2.00. The van der Waals surface area contributed by atoms with Gasteiger partial charge in [0.15, 0.2) is 6.10 Å². The van der Waals surface area contributed by atoms with E-state index in [0.29, 0.717) is 17.2 Å². The second-order valence-electron chi connectivity index (χ2n) is 6.50. The Balaban J connectivity index is 2.05. The molecular weight excluding hydrogens is 334 g/mol. The fourth-order valence-corrected chi connectivity index (χ4v) is 2.72. The van der Waals surface area contributed by atoms with Crippen molar-refractivity contribution in [3.63, 3.8) is 0 Å². The first-order chi connectivity index (χ1) is 11.8. The van der Waals surface area contributed by atoms with Gasteiger partial charge >= 0.3 is 0 Å². The summed E-state index contributed by atoms with van der Waals surface area (Å²) < 4.78 is 5.87. The van der Waals surface area contributed by atoms with Crippen molar-refractivity contribution < 1.29 is 9.53 Å². The van der Waals surface area contributed by atoms with Crippen LogP contribution in [0.2, 0.25) is 5.02 Å². The average Bonchev–Trinajstić information content (AvgIpc) is 2.58. The molecule has 2 aromatic rings. The Morgan fingerprint density at radius 3 is 2.40 bits per heavy atom. The van der Waals surface area contributed by atoms with Crippen molar-refractivity contribution in [1.82, 2.24) is 5.32 Å². The van der Waals surface area contributed by atoms with Crippen molar-refractivity contribution in [2.45, 2.75) is 53.2 Å². The molecule has 4 heteroatoms. The van der Waals surface area contributed by atoms with E-state index in [1.807, 2.05) is 26.8 Å². The lowest BCUT2D eigenvalue weighted by molar-refractivity contribution is -0.128. The maximum absolute atomic E-state index is 12.6. The van der Waals surface area contributed by atoms with Gasteiger partial charge in [-0.1, -0.05) is 36.7 Å². The van der Waals surface area contributed by atoms with Crippen molar-refractivity contribution in [1.29, 1.82) is 0 Å². The van der Waals surface area contributed by atoms with Gasteiger partial charge in [-0.25, -0.2) is 0 Å². The van der Waals surface area contributed by atoms with E-state index in [1.165, 1.54) is 11.1 Å². The fraction of sp³-hybridized carbons (Fsp3) is 0.381. The van der Waals surface area contributed by atoms with Crippen LogP contribution in [0.15, 0.2) is 36.4 Å². The quantitative estimate of drug-likeness (QED) is 0.760. The number of benzene rings is 2. The molecule has 0 spiro atoms. The molecule has 25 heavy (non-hydrogen) atoms. The van der Waals surface area contributed by atoms with Crippen molar-refractivity contribution >= 4 is 17.5 Å². The Labute approximate surface area is 155 Å². The minimum absolute atomic E-state index is 0.0728. The molecule has 0 heterocycles. The van der Waals surface area contributed by atoms with E-state index in [2.05, 4.69) is 37.4 Å². The standard InChI is InChI=1S/C21H26ClNO2/c1-6-20(25-18-9-10-19(22)15(4)12-18)21(24)23-16(5)17-8-7-13(2)14(3)11-17/h7-12,16,20H,6H2,1-5H3,(H,23,24)/t16-,20+/m1/s1. The molecule has 0 radical (unpaired) electrons. The maximum Gasteiger partial charge on any atom is 0.261 e. The molecule has 0 aliphatic carbocycles. The van der Waals surface area contributed by atoms with E-state index in [1.54, 1.807) is 12.1 Å². The van der Waals surface area contributed by atoms with Crippen LogP contribution in [0, 0.1) is 20.8 Å². The van der Waals surface area contributed by atoms with E-state index in [4.69, 9.17) is 16.3 Å². The van der Waals surface area contributed by atoms with Gasteiger partial charge in [0, 0.05) is 5.02 Å². The van der Waals surface area contributed by atoms with Gasteiger partial charge in [-0.05, 0) is 74.6 Å². The van der Waals surface area contributed by atoms with Gasteiger partial charge in [0.1, 0.15) is 5.75 Å². The molecule has 0 saturated heterocycles. The molecule has 2 aromatic carbocycles. The van der Waals surface area contributed by atoms with E-state index in [9.17, 15) is 4.79 Å². The van der Waals surface area contributed by atoms with Crippen LogP contribution in [0.25, 0.3) is 0 Å². The molecule has 3 nitrogen and oxygen atoms in total. The predicted octanol–water partition coefficient (Wildman–Crippen LogP) is 5.30. The third kappa shape index (κ3) is 4.99. The largest absolute Gasteiger partial charge is 0.481 e. The summed E-state index contributed by atoms with van der Waals surface area (Å²) in [4.78, 5) is 12.6. The number of hydrogen-bond acceptors (Lipinski definition) is 2. The number of rotatable bonds is 6. The first-order valence-electron chi connectivity index (χ1n) is 8.62. The Morgan fingerprint density at radius 2 is 1.80 bits per heavy atom. The number of halogens is 1. The number of carbonyl (C=O) groups is 1. The number of aryl methyl sites for hydroxylation is 3. The number of amides is 1. The topological polar surface area (TPSA) is 38.3 Å². The number of nitrogens with one attached hydrogen (secondary N) is 1. The summed E-state index contributed by atoms with van der Waals surface area (Å²) in [6, 6.07) is 11.6. The highest BCUT2D eigenvalue weighted by Gasteiger charge is 2.21. The number of hydrogen-bond donors (Lipinski definition) is 1. The van der Waals surface area contributed by atoms with E-state index in [0.717, 1.165) is 11.1 Å². The highest BCUT2D eigenvalue weighted by Crippen LogP contribution is 2.23. The van der Waals surface area contributed by atoms with E-state index in [-0.39, 0.29) is 11.9 Å².